The molecule has 0 aromatic heterocycles. The maximum Gasteiger partial charge on any atom is 0.0574 e. The van der Waals surface area contributed by atoms with E-state index in [4.69, 9.17) is 0 Å². The molecule has 0 aliphatic rings. The fourth-order valence-corrected chi connectivity index (χ4v) is 3.06. The molecule has 0 fully saturated rings. The predicted molar refractivity (Wildman–Crippen MR) is 74.8 cm³/mol. The monoisotopic (exact) mass is 262 g/mol. The highest BCUT2D eigenvalue weighted by molar-refractivity contribution is 7.98. The molecule has 0 spiro atoms. The van der Waals surface area contributed by atoms with Crippen molar-refractivity contribution in [3.05, 3.63) is 60.2 Å². The van der Waals surface area contributed by atoms with Crippen LogP contribution in [0.4, 0.5) is 0 Å². The Balaban J connectivity index is 2.08. The summed E-state index contributed by atoms with van der Waals surface area (Å²) in [5, 5.41) is 0. The zero-order valence-corrected chi connectivity index (χ0v) is 11.3. The molecule has 0 N–H and O–H groups in total. The van der Waals surface area contributed by atoms with E-state index in [1.54, 1.807) is 11.8 Å². The molecular weight excluding hydrogens is 248 g/mol. The molecule has 17 heavy (non-hydrogen) atoms. The number of rotatable bonds is 4. The van der Waals surface area contributed by atoms with Crippen molar-refractivity contribution in [2.75, 3.05) is 6.26 Å². The van der Waals surface area contributed by atoms with Crippen molar-refractivity contribution in [2.24, 2.45) is 0 Å². The molecule has 1 nitrogen and oxygen atoms in total. The fourth-order valence-electron chi connectivity index (χ4n) is 1.53. The maximum atomic E-state index is 12.1. The van der Waals surface area contributed by atoms with Crippen LogP contribution in [0.5, 0.6) is 0 Å². The largest absolute Gasteiger partial charge is 0.254 e. The van der Waals surface area contributed by atoms with Crippen molar-refractivity contribution in [1.29, 1.82) is 0 Å². The second-order valence-electron chi connectivity index (χ2n) is 3.65. The SMILES string of the molecule is CSc1ccc(C[S@@](=O)c2ccccc2)cc1. The Bertz CT molecular complexity index is 491. The number of benzene rings is 2. The van der Waals surface area contributed by atoms with Crippen LogP contribution in [0.15, 0.2) is 64.4 Å². The highest BCUT2D eigenvalue weighted by Crippen LogP contribution is 2.17. The highest BCUT2D eigenvalue weighted by atomic mass is 32.2. The van der Waals surface area contributed by atoms with Crippen molar-refractivity contribution in [3.63, 3.8) is 0 Å². The lowest BCUT2D eigenvalue weighted by atomic mass is 10.2. The highest BCUT2D eigenvalue weighted by Gasteiger charge is 2.04. The third kappa shape index (κ3) is 3.45. The Morgan fingerprint density at radius 1 is 1.00 bits per heavy atom. The molecule has 0 unspecified atom stereocenters. The van der Waals surface area contributed by atoms with E-state index < -0.39 is 10.8 Å². The van der Waals surface area contributed by atoms with E-state index in [9.17, 15) is 4.21 Å². The molecule has 0 radical (unpaired) electrons. The number of hydrogen-bond donors (Lipinski definition) is 0. The van der Waals surface area contributed by atoms with Gasteiger partial charge in [0.25, 0.3) is 0 Å². The van der Waals surface area contributed by atoms with Crippen LogP contribution in [0.1, 0.15) is 5.56 Å². The van der Waals surface area contributed by atoms with Crippen LogP contribution in [0.25, 0.3) is 0 Å². The van der Waals surface area contributed by atoms with Crippen LogP contribution in [0.2, 0.25) is 0 Å². The Labute approximate surface area is 109 Å². The molecule has 2 aromatic carbocycles. The second-order valence-corrected chi connectivity index (χ2v) is 5.98. The molecule has 0 aliphatic heterocycles. The van der Waals surface area contributed by atoms with Crippen molar-refractivity contribution in [3.8, 4) is 0 Å². The van der Waals surface area contributed by atoms with Gasteiger partial charge in [0.05, 0.1) is 16.6 Å². The molecule has 0 aliphatic carbocycles. The molecule has 0 heterocycles. The van der Waals surface area contributed by atoms with Gasteiger partial charge in [-0.1, -0.05) is 30.3 Å². The summed E-state index contributed by atoms with van der Waals surface area (Å²) in [6, 6.07) is 17.8. The molecular formula is C14H14OS2. The minimum Gasteiger partial charge on any atom is -0.254 e. The first-order valence-electron chi connectivity index (χ1n) is 5.36. The lowest BCUT2D eigenvalue weighted by Gasteiger charge is -2.03. The summed E-state index contributed by atoms with van der Waals surface area (Å²) in [7, 11) is -0.950. The van der Waals surface area contributed by atoms with E-state index in [-0.39, 0.29) is 0 Å². The van der Waals surface area contributed by atoms with Gasteiger partial charge >= 0.3 is 0 Å². The first kappa shape index (κ1) is 12.4. The van der Waals surface area contributed by atoms with Gasteiger partial charge in [0.1, 0.15) is 0 Å². The van der Waals surface area contributed by atoms with E-state index in [1.807, 2.05) is 42.5 Å². The quantitative estimate of drug-likeness (QED) is 0.781. The van der Waals surface area contributed by atoms with E-state index in [0.29, 0.717) is 5.75 Å². The van der Waals surface area contributed by atoms with Gasteiger partial charge in [-0.15, -0.1) is 11.8 Å². The predicted octanol–water partition coefficient (Wildman–Crippen LogP) is 3.72. The van der Waals surface area contributed by atoms with Crippen LogP contribution in [0.3, 0.4) is 0 Å². The van der Waals surface area contributed by atoms with Gasteiger partial charge in [-0.05, 0) is 36.1 Å². The average molecular weight is 262 g/mol. The Morgan fingerprint density at radius 2 is 1.65 bits per heavy atom. The van der Waals surface area contributed by atoms with Crippen LogP contribution in [0, 0.1) is 0 Å². The molecule has 0 amide bonds. The molecule has 2 aromatic rings. The summed E-state index contributed by atoms with van der Waals surface area (Å²) in [4.78, 5) is 2.13. The molecule has 0 saturated carbocycles. The Morgan fingerprint density at radius 3 is 2.24 bits per heavy atom. The zero-order chi connectivity index (χ0) is 12.1. The maximum absolute atomic E-state index is 12.1. The van der Waals surface area contributed by atoms with Gasteiger partial charge in [-0.25, -0.2) is 0 Å². The van der Waals surface area contributed by atoms with Gasteiger partial charge in [-0.3, -0.25) is 4.21 Å². The van der Waals surface area contributed by atoms with Crippen molar-refractivity contribution in [1.82, 2.24) is 0 Å². The Hall–Kier alpha value is -1.06. The van der Waals surface area contributed by atoms with Crippen LogP contribution < -0.4 is 0 Å². The van der Waals surface area contributed by atoms with Gasteiger partial charge in [-0.2, -0.15) is 0 Å². The van der Waals surface area contributed by atoms with Gasteiger partial charge in [0, 0.05) is 9.79 Å². The third-order valence-corrected chi connectivity index (χ3v) is 4.60. The van der Waals surface area contributed by atoms with E-state index >= 15 is 0 Å². The minimum atomic E-state index is -0.950. The number of hydrogen-bond acceptors (Lipinski definition) is 2. The summed E-state index contributed by atoms with van der Waals surface area (Å²) in [6.45, 7) is 0. The van der Waals surface area contributed by atoms with Crippen molar-refractivity contribution < 1.29 is 4.21 Å². The summed E-state index contributed by atoms with van der Waals surface area (Å²) in [5.41, 5.74) is 1.12. The first-order valence-corrected chi connectivity index (χ1v) is 7.90. The van der Waals surface area contributed by atoms with E-state index in [1.165, 1.54) is 4.90 Å². The van der Waals surface area contributed by atoms with Gasteiger partial charge in [0.2, 0.25) is 0 Å². The summed E-state index contributed by atoms with van der Waals surface area (Å²) >= 11 is 1.72. The van der Waals surface area contributed by atoms with Crippen molar-refractivity contribution >= 4 is 22.6 Å². The van der Waals surface area contributed by atoms with Gasteiger partial charge < -0.3 is 0 Å². The smallest absolute Gasteiger partial charge is 0.0574 e. The van der Waals surface area contributed by atoms with Crippen LogP contribution in [-0.2, 0) is 16.6 Å². The Kier molecular flexibility index (Phi) is 4.40. The molecule has 3 heteroatoms. The summed E-state index contributed by atoms with van der Waals surface area (Å²) in [6.07, 6.45) is 2.05. The molecule has 88 valence electrons. The van der Waals surface area contributed by atoms with Crippen LogP contribution in [-0.4, -0.2) is 10.5 Å². The topological polar surface area (TPSA) is 17.1 Å². The first-order chi connectivity index (χ1) is 8.29. The zero-order valence-electron chi connectivity index (χ0n) is 9.63. The summed E-state index contributed by atoms with van der Waals surface area (Å²) < 4.78 is 12.1. The molecule has 0 bridgehead atoms. The minimum absolute atomic E-state index is 0.582. The average Bonchev–Trinajstić information content (AvgIpc) is 2.40. The third-order valence-electron chi connectivity index (χ3n) is 2.46. The fraction of sp³-hybridized carbons (Fsp3) is 0.143. The van der Waals surface area contributed by atoms with E-state index in [0.717, 1.165) is 10.5 Å². The summed E-state index contributed by atoms with van der Waals surface area (Å²) in [5.74, 6) is 0.582. The molecule has 1 atom stereocenters. The standard InChI is InChI=1S/C14H14OS2/c1-16-13-9-7-12(8-10-13)11-17(15)14-5-3-2-4-6-14/h2-10H,11H2,1H3/t17-/m1/s1. The second kappa shape index (κ2) is 6.03. The van der Waals surface area contributed by atoms with Crippen molar-refractivity contribution in [2.45, 2.75) is 15.5 Å². The molecule has 2 rings (SSSR count). The lowest BCUT2D eigenvalue weighted by molar-refractivity contribution is 0.682. The van der Waals surface area contributed by atoms with E-state index in [2.05, 4.69) is 18.4 Å². The molecule has 0 saturated heterocycles. The van der Waals surface area contributed by atoms with Crippen LogP contribution >= 0.6 is 11.8 Å². The number of thioether (sulfide) groups is 1. The lowest BCUT2D eigenvalue weighted by Crippen LogP contribution is -1.95. The normalized spacial score (nSPS) is 12.3. The van der Waals surface area contributed by atoms with Gasteiger partial charge in [0.15, 0.2) is 0 Å².